The summed E-state index contributed by atoms with van der Waals surface area (Å²) >= 11 is 1.91. The van der Waals surface area contributed by atoms with Gasteiger partial charge >= 0.3 is 0 Å². The lowest BCUT2D eigenvalue weighted by atomic mass is 9.68. The molecule has 240 valence electrons. The van der Waals surface area contributed by atoms with Crippen LogP contribution >= 0.6 is 11.3 Å². The number of thiophene rings is 1. The van der Waals surface area contributed by atoms with E-state index < -0.39 is 5.41 Å². The third-order valence-corrected chi connectivity index (χ3v) is 13.1. The predicted octanol–water partition coefficient (Wildman–Crippen LogP) is 14.0. The molecule has 2 aliphatic carbocycles. The van der Waals surface area contributed by atoms with Crippen molar-refractivity contribution in [1.29, 1.82) is 0 Å². The largest absolute Gasteiger partial charge is 0.135 e. The number of rotatable bonds is 2. The van der Waals surface area contributed by atoms with Crippen molar-refractivity contribution in [3.8, 4) is 44.5 Å². The van der Waals surface area contributed by atoms with Crippen molar-refractivity contribution in [3.63, 3.8) is 0 Å². The Morgan fingerprint density at radius 1 is 0.288 bits per heavy atom. The Bertz CT molecular complexity index is 3020. The van der Waals surface area contributed by atoms with E-state index in [1.165, 1.54) is 108 Å². The van der Waals surface area contributed by atoms with Gasteiger partial charge in [-0.25, -0.2) is 0 Å². The van der Waals surface area contributed by atoms with Crippen LogP contribution in [0.5, 0.6) is 0 Å². The zero-order valence-electron chi connectivity index (χ0n) is 28.2. The molecule has 9 aromatic carbocycles. The van der Waals surface area contributed by atoms with E-state index in [-0.39, 0.29) is 0 Å². The Labute approximate surface area is 305 Å². The lowest BCUT2D eigenvalue weighted by Crippen LogP contribution is -2.26. The third-order valence-electron chi connectivity index (χ3n) is 11.9. The monoisotopic (exact) mass is 674 g/mol. The van der Waals surface area contributed by atoms with Gasteiger partial charge in [-0.15, -0.1) is 11.3 Å². The van der Waals surface area contributed by atoms with Gasteiger partial charge in [0.25, 0.3) is 0 Å². The van der Waals surface area contributed by atoms with E-state index in [1.807, 2.05) is 11.3 Å². The summed E-state index contributed by atoms with van der Waals surface area (Å²) in [5, 5.41) is 7.80. The molecule has 0 saturated heterocycles. The van der Waals surface area contributed by atoms with E-state index >= 15 is 0 Å². The van der Waals surface area contributed by atoms with Crippen LogP contribution in [0.25, 0.3) is 86.2 Å². The van der Waals surface area contributed by atoms with Crippen LogP contribution in [0.4, 0.5) is 0 Å². The molecular formula is C51H30S. The molecule has 10 aromatic rings. The first-order valence-electron chi connectivity index (χ1n) is 18.1. The molecule has 12 rings (SSSR count). The first-order valence-corrected chi connectivity index (χ1v) is 18.9. The molecule has 1 spiro atoms. The quantitative estimate of drug-likeness (QED) is 0.160. The van der Waals surface area contributed by atoms with E-state index in [1.54, 1.807) is 0 Å². The van der Waals surface area contributed by atoms with Crippen LogP contribution in [0.1, 0.15) is 22.3 Å². The fraction of sp³-hybridized carbons (Fsp3) is 0.0196. The summed E-state index contributed by atoms with van der Waals surface area (Å²) in [7, 11) is 0. The first-order chi connectivity index (χ1) is 25.8. The SMILES string of the molecule is c1ccc2c(c1)-c1ccccc1C21c2ccccc2-c2cccc(-c3c4ccccc4c(-c4cccc5c4sc4ccccc45)c4ccccc34)c21. The van der Waals surface area contributed by atoms with E-state index in [4.69, 9.17) is 0 Å². The first kappa shape index (κ1) is 28.4. The Balaban J connectivity index is 1.25. The molecule has 0 saturated carbocycles. The summed E-state index contributed by atoms with van der Waals surface area (Å²) < 4.78 is 2.68. The summed E-state index contributed by atoms with van der Waals surface area (Å²) in [5.74, 6) is 0. The van der Waals surface area contributed by atoms with Gasteiger partial charge in [-0.05, 0) is 88.8 Å². The van der Waals surface area contributed by atoms with Gasteiger partial charge in [0.1, 0.15) is 0 Å². The zero-order valence-corrected chi connectivity index (χ0v) is 29.0. The van der Waals surface area contributed by atoms with Gasteiger partial charge in [0.05, 0.1) is 5.41 Å². The average Bonchev–Trinajstić information content (AvgIpc) is 3.84. The van der Waals surface area contributed by atoms with Crippen molar-refractivity contribution in [2.75, 3.05) is 0 Å². The minimum absolute atomic E-state index is 0.431. The van der Waals surface area contributed by atoms with E-state index in [0.717, 1.165) is 0 Å². The smallest absolute Gasteiger partial charge is 0.0731 e. The molecule has 52 heavy (non-hydrogen) atoms. The predicted molar refractivity (Wildman–Crippen MR) is 222 cm³/mol. The van der Waals surface area contributed by atoms with E-state index in [9.17, 15) is 0 Å². The second-order valence-corrected chi connectivity index (χ2v) is 15.3. The average molecular weight is 675 g/mol. The topological polar surface area (TPSA) is 0 Å². The molecule has 0 aliphatic heterocycles. The Morgan fingerprint density at radius 3 is 1.27 bits per heavy atom. The highest BCUT2D eigenvalue weighted by Crippen LogP contribution is 2.65. The maximum atomic E-state index is 2.40. The minimum atomic E-state index is -0.431. The van der Waals surface area contributed by atoms with Gasteiger partial charge < -0.3 is 0 Å². The number of fused-ring (bicyclic) bond motifs is 15. The Morgan fingerprint density at radius 2 is 0.673 bits per heavy atom. The fourth-order valence-corrected chi connectivity index (χ4v) is 11.2. The molecule has 0 N–H and O–H groups in total. The van der Waals surface area contributed by atoms with Crippen LogP contribution in [0.2, 0.25) is 0 Å². The van der Waals surface area contributed by atoms with Crippen molar-refractivity contribution < 1.29 is 0 Å². The molecule has 0 amide bonds. The molecule has 0 nitrogen and oxygen atoms in total. The second kappa shape index (κ2) is 10.4. The van der Waals surface area contributed by atoms with Crippen molar-refractivity contribution >= 4 is 53.1 Å². The molecular weight excluding hydrogens is 645 g/mol. The van der Waals surface area contributed by atoms with Gasteiger partial charge in [-0.1, -0.05) is 176 Å². The van der Waals surface area contributed by atoms with Crippen LogP contribution in [-0.2, 0) is 5.41 Å². The van der Waals surface area contributed by atoms with Crippen LogP contribution in [0, 0.1) is 0 Å². The molecule has 0 atom stereocenters. The molecule has 0 fully saturated rings. The number of hydrogen-bond donors (Lipinski definition) is 0. The van der Waals surface area contributed by atoms with Crippen molar-refractivity contribution in [1.82, 2.24) is 0 Å². The minimum Gasteiger partial charge on any atom is -0.135 e. The van der Waals surface area contributed by atoms with Crippen LogP contribution in [0.3, 0.4) is 0 Å². The highest BCUT2D eigenvalue weighted by Gasteiger charge is 2.52. The highest BCUT2D eigenvalue weighted by atomic mass is 32.1. The highest BCUT2D eigenvalue weighted by molar-refractivity contribution is 7.26. The Kier molecular flexibility index (Phi) is 5.68. The summed E-state index contributed by atoms with van der Waals surface area (Å²) in [6, 6.07) is 68.4. The van der Waals surface area contributed by atoms with E-state index in [2.05, 4.69) is 182 Å². The van der Waals surface area contributed by atoms with Crippen LogP contribution in [-0.4, -0.2) is 0 Å². The van der Waals surface area contributed by atoms with Gasteiger partial charge in [-0.3, -0.25) is 0 Å². The lowest BCUT2D eigenvalue weighted by molar-refractivity contribution is 0.796. The summed E-state index contributed by atoms with van der Waals surface area (Å²) in [6.45, 7) is 0. The zero-order chi connectivity index (χ0) is 34.0. The van der Waals surface area contributed by atoms with Gasteiger partial charge in [0.2, 0.25) is 0 Å². The summed E-state index contributed by atoms with van der Waals surface area (Å²) in [5.41, 5.74) is 15.6. The molecule has 0 radical (unpaired) electrons. The maximum absolute atomic E-state index is 2.40. The van der Waals surface area contributed by atoms with Crippen LogP contribution in [0.15, 0.2) is 182 Å². The van der Waals surface area contributed by atoms with E-state index in [0.29, 0.717) is 0 Å². The third kappa shape index (κ3) is 3.47. The second-order valence-electron chi connectivity index (χ2n) is 14.2. The van der Waals surface area contributed by atoms with Crippen molar-refractivity contribution in [2.45, 2.75) is 5.41 Å². The Hall–Kier alpha value is -6.28. The molecule has 1 heterocycles. The maximum Gasteiger partial charge on any atom is 0.0731 e. The van der Waals surface area contributed by atoms with Crippen molar-refractivity contribution in [3.05, 3.63) is 204 Å². The number of hydrogen-bond acceptors (Lipinski definition) is 1. The fourth-order valence-electron chi connectivity index (χ4n) is 10.0. The lowest BCUT2D eigenvalue weighted by Gasteiger charge is -2.32. The molecule has 0 bridgehead atoms. The van der Waals surface area contributed by atoms with Gasteiger partial charge in [0, 0.05) is 25.7 Å². The van der Waals surface area contributed by atoms with Gasteiger partial charge in [0.15, 0.2) is 0 Å². The summed E-state index contributed by atoms with van der Waals surface area (Å²) in [4.78, 5) is 0. The molecule has 0 unspecified atom stereocenters. The van der Waals surface area contributed by atoms with Gasteiger partial charge in [-0.2, -0.15) is 0 Å². The van der Waals surface area contributed by atoms with Crippen LogP contribution < -0.4 is 0 Å². The molecule has 1 heteroatoms. The normalized spacial score (nSPS) is 13.5. The molecule has 1 aromatic heterocycles. The standard InChI is InChI=1S/C51H30S/c1-3-21-37-35(19-1)47(36-20-2-4-22-38(36)48(37)42-26-14-24-40-34-18-8-12-30-46(34)52-50(40)42)41-25-13-23-39-33-17-7-11-29-45(33)51(49(39)41)43-27-9-5-15-31(43)32-16-6-10-28-44(32)51/h1-30H. The molecule has 2 aliphatic rings. The number of benzene rings is 9. The summed E-state index contributed by atoms with van der Waals surface area (Å²) in [6.07, 6.45) is 0. The van der Waals surface area contributed by atoms with Crippen molar-refractivity contribution in [2.24, 2.45) is 0 Å².